The average molecular weight is 364 g/mol. The molecule has 4 rings (SSSR count). The van der Waals surface area contributed by atoms with Crippen LogP contribution in [0.2, 0.25) is 0 Å². The molecule has 0 unspecified atom stereocenters. The first-order valence-corrected chi connectivity index (χ1v) is 9.59. The number of hydrogen-bond acceptors (Lipinski definition) is 5. The topological polar surface area (TPSA) is 56.2 Å². The highest BCUT2D eigenvalue weighted by molar-refractivity contribution is 7.12. The molecular weight excluding hydrogens is 348 g/mol. The Morgan fingerprint density at radius 1 is 1.00 bits per heavy atom. The summed E-state index contributed by atoms with van der Waals surface area (Å²) in [6.45, 7) is 0. The molecule has 2 N–H and O–H groups in total. The number of nitrogens with zero attached hydrogens (tertiary/aromatic N) is 3. The molecular formula is C19H16N4S2. The van der Waals surface area contributed by atoms with Gasteiger partial charge in [-0.25, -0.2) is 4.68 Å². The maximum absolute atomic E-state index is 5.73. The standard InChI is InChI=1S/C19H16N4S2/c20-21-19(17-9-5-11-25-17)18-14(12-16-8-4-10-24-16)13-23(22-18)15-6-2-1-3-7-15/h1-11,13H,12,20H2/b21-19-. The van der Waals surface area contributed by atoms with E-state index in [1.807, 2.05) is 52.5 Å². The number of aromatic nitrogens is 2. The lowest BCUT2D eigenvalue weighted by Crippen LogP contribution is -2.09. The first kappa shape index (κ1) is 15.8. The van der Waals surface area contributed by atoms with E-state index in [1.165, 1.54) is 4.88 Å². The van der Waals surface area contributed by atoms with Crippen molar-refractivity contribution in [3.05, 3.63) is 92.6 Å². The Morgan fingerprint density at radius 3 is 2.48 bits per heavy atom. The third-order valence-electron chi connectivity index (χ3n) is 3.86. The van der Waals surface area contributed by atoms with Gasteiger partial charge in [0.15, 0.2) is 0 Å². The van der Waals surface area contributed by atoms with Crippen molar-refractivity contribution in [3.8, 4) is 5.69 Å². The van der Waals surface area contributed by atoms with Gasteiger partial charge in [-0.3, -0.25) is 0 Å². The summed E-state index contributed by atoms with van der Waals surface area (Å²) < 4.78 is 1.90. The molecule has 1 aromatic carbocycles. The number of hydrazone groups is 1. The van der Waals surface area contributed by atoms with Crippen LogP contribution in [-0.4, -0.2) is 15.5 Å². The van der Waals surface area contributed by atoms with Crippen LogP contribution in [0.1, 0.15) is 21.0 Å². The monoisotopic (exact) mass is 364 g/mol. The minimum Gasteiger partial charge on any atom is -0.323 e. The van der Waals surface area contributed by atoms with Crippen LogP contribution in [0.15, 0.2) is 76.7 Å². The molecule has 4 aromatic rings. The van der Waals surface area contributed by atoms with Crippen molar-refractivity contribution in [2.24, 2.45) is 10.9 Å². The van der Waals surface area contributed by atoms with E-state index in [1.54, 1.807) is 22.7 Å². The minimum absolute atomic E-state index is 0.733. The molecule has 0 radical (unpaired) electrons. The van der Waals surface area contributed by atoms with Crippen molar-refractivity contribution in [2.75, 3.05) is 0 Å². The predicted molar refractivity (Wildman–Crippen MR) is 105 cm³/mol. The van der Waals surface area contributed by atoms with Crippen LogP contribution in [0.3, 0.4) is 0 Å². The van der Waals surface area contributed by atoms with E-state index in [4.69, 9.17) is 10.9 Å². The Bertz CT molecular complexity index is 968. The number of hydrogen-bond donors (Lipinski definition) is 1. The van der Waals surface area contributed by atoms with Gasteiger partial charge in [0.25, 0.3) is 0 Å². The van der Waals surface area contributed by atoms with Gasteiger partial charge < -0.3 is 5.84 Å². The molecule has 0 saturated heterocycles. The minimum atomic E-state index is 0.733. The number of thiophene rings is 2. The second kappa shape index (κ2) is 7.04. The summed E-state index contributed by atoms with van der Waals surface area (Å²) in [5.74, 6) is 5.73. The molecule has 3 heterocycles. The number of benzene rings is 1. The van der Waals surface area contributed by atoms with E-state index >= 15 is 0 Å². The van der Waals surface area contributed by atoms with Crippen LogP contribution in [0.25, 0.3) is 5.69 Å². The third kappa shape index (κ3) is 3.26. The Labute approximate surface area is 153 Å². The van der Waals surface area contributed by atoms with Crippen molar-refractivity contribution in [1.82, 2.24) is 9.78 Å². The van der Waals surface area contributed by atoms with Crippen LogP contribution < -0.4 is 5.84 Å². The van der Waals surface area contributed by atoms with Gasteiger partial charge in [-0.15, -0.1) is 22.7 Å². The van der Waals surface area contributed by atoms with Gasteiger partial charge in [-0.2, -0.15) is 10.2 Å². The maximum Gasteiger partial charge on any atom is 0.128 e. The van der Waals surface area contributed by atoms with Gasteiger partial charge >= 0.3 is 0 Å². The Morgan fingerprint density at radius 2 is 1.80 bits per heavy atom. The van der Waals surface area contributed by atoms with Crippen LogP contribution in [0, 0.1) is 0 Å². The first-order valence-electron chi connectivity index (χ1n) is 7.83. The van der Waals surface area contributed by atoms with E-state index < -0.39 is 0 Å². The summed E-state index contributed by atoms with van der Waals surface area (Å²) >= 11 is 3.36. The SMILES string of the molecule is N/N=C(/c1cccs1)c1nn(-c2ccccc2)cc1Cc1cccs1. The lowest BCUT2D eigenvalue weighted by atomic mass is 10.1. The molecule has 0 aliphatic carbocycles. The van der Waals surface area contributed by atoms with Gasteiger partial charge in [0.05, 0.1) is 10.6 Å². The largest absolute Gasteiger partial charge is 0.323 e. The average Bonchev–Trinajstić information content (AvgIpc) is 3.40. The van der Waals surface area contributed by atoms with Gasteiger partial charge in [0.2, 0.25) is 0 Å². The molecule has 0 atom stereocenters. The first-order chi connectivity index (χ1) is 12.3. The molecule has 4 nitrogen and oxygen atoms in total. The smallest absolute Gasteiger partial charge is 0.128 e. The second-order valence-corrected chi connectivity index (χ2v) is 7.47. The van der Waals surface area contributed by atoms with E-state index in [9.17, 15) is 0 Å². The molecule has 0 amide bonds. The highest BCUT2D eigenvalue weighted by atomic mass is 32.1. The Kier molecular flexibility index (Phi) is 4.45. The van der Waals surface area contributed by atoms with Crippen LogP contribution in [0.5, 0.6) is 0 Å². The molecule has 6 heteroatoms. The van der Waals surface area contributed by atoms with Crippen molar-refractivity contribution in [3.63, 3.8) is 0 Å². The van der Waals surface area contributed by atoms with E-state index in [0.29, 0.717) is 0 Å². The summed E-state index contributed by atoms with van der Waals surface area (Å²) in [4.78, 5) is 2.31. The Balaban J connectivity index is 1.82. The summed E-state index contributed by atoms with van der Waals surface area (Å²) in [6.07, 6.45) is 2.88. The van der Waals surface area contributed by atoms with Crippen LogP contribution in [-0.2, 0) is 6.42 Å². The molecule has 0 saturated carbocycles. The fraction of sp³-hybridized carbons (Fsp3) is 0.0526. The fourth-order valence-corrected chi connectivity index (χ4v) is 4.16. The molecule has 0 aliphatic heterocycles. The third-order valence-corrected chi connectivity index (χ3v) is 5.62. The highest BCUT2D eigenvalue weighted by Gasteiger charge is 2.19. The fourth-order valence-electron chi connectivity index (χ4n) is 2.71. The summed E-state index contributed by atoms with van der Waals surface area (Å²) in [7, 11) is 0. The quantitative estimate of drug-likeness (QED) is 0.326. The molecule has 3 aromatic heterocycles. The molecule has 0 aliphatic rings. The maximum atomic E-state index is 5.73. The number of rotatable bonds is 5. The summed E-state index contributed by atoms with van der Waals surface area (Å²) in [6, 6.07) is 18.3. The van der Waals surface area contributed by atoms with E-state index in [2.05, 4.69) is 28.8 Å². The Hall–Kier alpha value is -2.70. The number of nitrogens with two attached hydrogens (primary N) is 1. The van der Waals surface area contributed by atoms with Crippen molar-refractivity contribution in [2.45, 2.75) is 6.42 Å². The summed E-state index contributed by atoms with van der Waals surface area (Å²) in [5, 5.41) is 13.0. The predicted octanol–water partition coefficient (Wildman–Crippen LogP) is 4.30. The normalized spacial score (nSPS) is 11.8. The van der Waals surface area contributed by atoms with Gasteiger partial charge in [-0.1, -0.05) is 30.3 Å². The zero-order valence-electron chi connectivity index (χ0n) is 13.4. The number of para-hydroxylation sites is 1. The summed E-state index contributed by atoms with van der Waals surface area (Å²) in [5.41, 5.74) is 3.70. The van der Waals surface area contributed by atoms with E-state index in [-0.39, 0.29) is 0 Å². The zero-order chi connectivity index (χ0) is 17.1. The molecule has 25 heavy (non-hydrogen) atoms. The van der Waals surface area contributed by atoms with Gasteiger partial charge in [0.1, 0.15) is 11.4 Å². The highest BCUT2D eigenvalue weighted by Crippen LogP contribution is 2.23. The molecule has 0 spiro atoms. The van der Waals surface area contributed by atoms with Gasteiger partial charge in [0, 0.05) is 23.1 Å². The van der Waals surface area contributed by atoms with Crippen LogP contribution in [0.4, 0.5) is 0 Å². The van der Waals surface area contributed by atoms with Gasteiger partial charge in [-0.05, 0) is 35.0 Å². The molecule has 124 valence electrons. The van der Waals surface area contributed by atoms with Crippen molar-refractivity contribution in [1.29, 1.82) is 0 Å². The lowest BCUT2D eigenvalue weighted by molar-refractivity contribution is 0.875. The zero-order valence-corrected chi connectivity index (χ0v) is 15.0. The van der Waals surface area contributed by atoms with Crippen LogP contribution >= 0.6 is 22.7 Å². The molecule has 0 fully saturated rings. The molecule has 0 bridgehead atoms. The second-order valence-electron chi connectivity index (χ2n) is 5.49. The van der Waals surface area contributed by atoms with Crippen molar-refractivity contribution >= 4 is 28.4 Å². The van der Waals surface area contributed by atoms with E-state index in [0.717, 1.165) is 34.0 Å². The van der Waals surface area contributed by atoms with Crippen molar-refractivity contribution < 1.29 is 0 Å². The lowest BCUT2D eigenvalue weighted by Gasteiger charge is -2.02.